The maximum Gasteiger partial charge on any atom is 0.425 e. The number of aromatic nitrogens is 3. The Hall–Kier alpha value is -4.07. The molecule has 8 nitrogen and oxygen atoms in total. The van der Waals surface area contributed by atoms with Crippen molar-refractivity contribution in [1.29, 1.82) is 5.26 Å². The van der Waals surface area contributed by atoms with E-state index >= 15 is 0 Å². The molecule has 0 radical (unpaired) electrons. The second-order valence-corrected chi connectivity index (χ2v) is 7.83. The normalized spacial score (nSPS) is 13.9. The summed E-state index contributed by atoms with van der Waals surface area (Å²) >= 11 is 0. The third-order valence-corrected chi connectivity index (χ3v) is 5.42. The fourth-order valence-electron chi connectivity index (χ4n) is 3.59. The Bertz CT molecular complexity index is 1260. The number of alkyl halides is 3. The van der Waals surface area contributed by atoms with Gasteiger partial charge >= 0.3 is 6.18 Å². The molecule has 0 bridgehead atoms. The number of amides is 1. The fraction of sp³-hybridized carbons (Fsp3) is 0.304. The number of benzene rings is 1. The number of halogens is 3. The molecule has 3 aromatic rings. The molecule has 176 valence electrons. The molecule has 0 N–H and O–H groups in total. The van der Waals surface area contributed by atoms with Crippen LogP contribution in [0.4, 0.5) is 13.2 Å². The zero-order chi connectivity index (χ0) is 24.6. The Labute approximate surface area is 193 Å². The molecule has 1 aromatic carbocycles. The predicted octanol–water partition coefficient (Wildman–Crippen LogP) is 3.94. The molecule has 3 heterocycles. The lowest BCUT2D eigenvalue weighted by atomic mass is 10.1. The van der Waals surface area contributed by atoms with E-state index in [2.05, 4.69) is 10.1 Å². The van der Waals surface area contributed by atoms with E-state index in [1.54, 1.807) is 17.1 Å². The van der Waals surface area contributed by atoms with Gasteiger partial charge in [-0.05, 0) is 37.6 Å². The molecule has 1 atom stereocenters. The minimum absolute atomic E-state index is 0.00503. The second kappa shape index (κ2) is 8.70. The number of ether oxygens (including phenoxy) is 2. The Morgan fingerprint density at radius 3 is 2.59 bits per heavy atom. The number of nitriles is 1. The summed E-state index contributed by atoms with van der Waals surface area (Å²) in [6.07, 6.45) is -3.33. The smallest absolute Gasteiger partial charge is 0.425 e. The summed E-state index contributed by atoms with van der Waals surface area (Å²) in [6, 6.07) is 8.05. The quantitative estimate of drug-likeness (QED) is 0.560. The van der Waals surface area contributed by atoms with Crippen molar-refractivity contribution in [3.8, 4) is 23.4 Å². The molecule has 0 saturated heterocycles. The number of hydrogen-bond acceptors (Lipinski definition) is 6. The van der Waals surface area contributed by atoms with Crippen LogP contribution in [0.25, 0.3) is 5.82 Å². The number of rotatable bonds is 5. The first-order valence-corrected chi connectivity index (χ1v) is 10.3. The Balaban J connectivity index is 1.64. The standard InChI is InChI=1S/C23H20F3N5O3/c1-13-4-7-19(28-9-13)31-11-16-10-30(12-17(16)29-31)22(32)20-18(34-14(2)23(24,25)26)6-5-15(8-27)21(20)33-3/h4-7,9,11,14H,10,12H2,1-3H3/t14-/m0/s1. The SMILES string of the molecule is COc1c(C#N)ccc(O[C@@H](C)C(F)(F)F)c1C(=O)N1Cc2cn(-c3ccc(C)cn3)nc2C1. The topological polar surface area (TPSA) is 93.3 Å². The second-order valence-electron chi connectivity index (χ2n) is 7.83. The summed E-state index contributed by atoms with van der Waals surface area (Å²) in [4.78, 5) is 19.2. The summed E-state index contributed by atoms with van der Waals surface area (Å²) in [5, 5.41) is 13.9. The van der Waals surface area contributed by atoms with E-state index < -0.39 is 18.2 Å². The molecular formula is C23H20F3N5O3. The fourth-order valence-corrected chi connectivity index (χ4v) is 3.59. The van der Waals surface area contributed by atoms with Gasteiger partial charge in [-0.2, -0.15) is 23.5 Å². The van der Waals surface area contributed by atoms with E-state index in [0.29, 0.717) is 11.5 Å². The van der Waals surface area contributed by atoms with E-state index in [1.807, 2.05) is 25.1 Å². The maximum atomic E-state index is 13.4. The molecule has 0 fully saturated rings. The van der Waals surface area contributed by atoms with Crippen molar-refractivity contribution >= 4 is 5.91 Å². The van der Waals surface area contributed by atoms with Crippen LogP contribution in [0.3, 0.4) is 0 Å². The number of methoxy groups -OCH3 is 1. The van der Waals surface area contributed by atoms with Crippen LogP contribution < -0.4 is 9.47 Å². The Kier molecular flexibility index (Phi) is 5.91. The van der Waals surface area contributed by atoms with Crippen LogP contribution in [0.1, 0.15) is 39.7 Å². The number of nitrogens with zero attached hydrogens (tertiary/aromatic N) is 5. The van der Waals surface area contributed by atoms with Crippen LogP contribution in [0, 0.1) is 18.3 Å². The lowest BCUT2D eigenvalue weighted by molar-refractivity contribution is -0.189. The van der Waals surface area contributed by atoms with Gasteiger partial charge < -0.3 is 14.4 Å². The monoisotopic (exact) mass is 471 g/mol. The van der Waals surface area contributed by atoms with E-state index in [1.165, 1.54) is 24.1 Å². The van der Waals surface area contributed by atoms with Gasteiger partial charge in [0.25, 0.3) is 5.91 Å². The van der Waals surface area contributed by atoms with Gasteiger partial charge in [-0.1, -0.05) is 6.07 Å². The molecular weight excluding hydrogens is 451 g/mol. The Morgan fingerprint density at radius 2 is 2.00 bits per heavy atom. The maximum absolute atomic E-state index is 13.4. The van der Waals surface area contributed by atoms with Gasteiger partial charge in [-0.25, -0.2) is 9.67 Å². The minimum atomic E-state index is -4.64. The largest absolute Gasteiger partial charge is 0.494 e. The minimum Gasteiger partial charge on any atom is -0.494 e. The lowest BCUT2D eigenvalue weighted by Gasteiger charge is -2.23. The highest BCUT2D eigenvalue weighted by molar-refractivity contribution is 6.00. The first kappa shape index (κ1) is 23.1. The molecule has 34 heavy (non-hydrogen) atoms. The van der Waals surface area contributed by atoms with Gasteiger partial charge in [-0.15, -0.1) is 0 Å². The molecule has 0 aliphatic carbocycles. The molecule has 11 heteroatoms. The third kappa shape index (κ3) is 4.26. The third-order valence-electron chi connectivity index (χ3n) is 5.42. The highest BCUT2D eigenvalue weighted by Crippen LogP contribution is 2.37. The van der Waals surface area contributed by atoms with Crippen molar-refractivity contribution in [1.82, 2.24) is 19.7 Å². The number of carbonyl (C=O) groups is 1. The average molecular weight is 471 g/mol. The van der Waals surface area contributed by atoms with Crippen molar-refractivity contribution in [2.24, 2.45) is 0 Å². The van der Waals surface area contributed by atoms with Crippen LogP contribution in [0.5, 0.6) is 11.5 Å². The van der Waals surface area contributed by atoms with Crippen LogP contribution >= 0.6 is 0 Å². The van der Waals surface area contributed by atoms with Gasteiger partial charge in [0, 0.05) is 24.5 Å². The number of carbonyl (C=O) groups excluding carboxylic acids is 1. The van der Waals surface area contributed by atoms with Crippen molar-refractivity contribution in [3.05, 3.63) is 64.6 Å². The summed E-state index contributed by atoms with van der Waals surface area (Å²) in [7, 11) is 1.24. The first-order chi connectivity index (χ1) is 16.1. The van der Waals surface area contributed by atoms with Crippen molar-refractivity contribution < 1.29 is 27.4 Å². The van der Waals surface area contributed by atoms with Crippen molar-refractivity contribution in [3.63, 3.8) is 0 Å². The summed E-state index contributed by atoms with van der Waals surface area (Å²) in [5.74, 6) is -0.462. The zero-order valence-electron chi connectivity index (χ0n) is 18.6. The number of fused-ring (bicyclic) bond motifs is 1. The molecule has 1 aliphatic heterocycles. The molecule has 1 amide bonds. The summed E-state index contributed by atoms with van der Waals surface area (Å²) in [6.45, 7) is 3.06. The van der Waals surface area contributed by atoms with E-state index in [0.717, 1.165) is 18.1 Å². The van der Waals surface area contributed by atoms with E-state index in [-0.39, 0.29) is 35.7 Å². The lowest BCUT2D eigenvalue weighted by Crippen LogP contribution is -2.33. The van der Waals surface area contributed by atoms with E-state index in [4.69, 9.17) is 9.47 Å². The highest BCUT2D eigenvalue weighted by Gasteiger charge is 2.40. The van der Waals surface area contributed by atoms with Gasteiger partial charge in [0.15, 0.2) is 17.7 Å². The summed E-state index contributed by atoms with van der Waals surface area (Å²) in [5.41, 5.74) is 2.18. The average Bonchev–Trinajstić information content (AvgIpc) is 3.37. The van der Waals surface area contributed by atoms with Crippen molar-refractivity contribution in [2.45, 2.75) is 39.2 Å². The van der Waals surface area contributed by atoms with Gasteiger partial charge in [0.05, 0.1) is 24.9 Å². The highest BCUT2D eigenvalue weighted by atomic mass is 19.4. The predicted molar refractivity (Wildman–Crippen MR) is 114 cm³/mol. The molecule has 2 aromatic heterocycles. The van der Waals surface area contributed by atoms with Crippen LogP contribution in [-0.2, 0) is 13.1 Å². The molecule has 4 rings (SSSR count). The Morgan fingerprint density at radius 1 is 1.24 bits per heavy atom. The first-order valence-electron chi connectivity index (χ1n) is 10.3. The number of hydrogen-bond donors (Lipinski definition) is 0. The van der Waals surface area contributed by atoms with E-state index in [9.17, 15) is 23.2 Å². The number of aryl methyl sites for hydroxylation is 1. The van der Waals surface area contributed by atoms with Crippen molar-refractivity contribution in [2.75, 3.05) is 7.11 Å². The molecule has 0 saturated carbocycles. The number of pyridine rings is 1. The molecule has 1 aliphatic rings. The van der Waals surface area contributed by atoms with Crippen LogP contribution in [-0.4, -0.2) is 45.0 Å². The van der Waals surface area contributed by atoms with Gasteiger partial charge in [-0.3, -0.25) is 4.79 Å². The van der Waals surface area contributed by atoms with Crippen LogP contribution in [0.2, 0.25) is 0 Å². The van der Waals surface area contributed by atoms with Gasteiger partial charge in [0.2, 0.25) is 0 Å². The van der Waals surface area contributed by atoms with Gasteiger partial charge in [0.1, 0.15) is 17.4 Å². The zero-order valence-corrected chi connectivity index (χ0v) is 18.6. The molecule has 0 spiro atoms. The summed E-state index contributed by atoms with van der Waals surface area (Å²) < 4.78 is 51.3. The van der Waals surface area contributed by atoms with Crippen LogP contribution in [0.15, 0.2) is 36.7 Å². The molecule has 0 unspecified atom stereocenters.